The number of carbonyl (C=O) groups is 1. The van der Waals surface area contributed by atoms with Gasteiger partial charge in [0, 0.05) is 24.5 Å². The monoisotopic (exact) mass is 407 g/mol. The number of benzene rings is 1. The first-order valence-electron chi connectivity index (χ1n) is 10.7. The summed E-state index contributed by atoms with van der Waals surface area (Å²) in [6, 6.07) is 5.90. The number of carbonyl (C=O) groups excluding carboxylic acids is 1. The molecule has 0 radical (unpaired) electrons. The number of piperidine rings is 1. The van der Waals surface area contributed by atoms with Gasteiger partial charge in [-0.25, -0.2) is 0 Å². The number of halogens is 3. The Morgan fingerprint density at radius 1 is 1.10 bits per heavy atom. The highest BCUT2D eigenvalue weighted by molar-refractivity contribution is 5.90. The van der Waals surface area contributed by atoms with E-state index >= 15 is 0 Å². The zero-order valence-corrected chi connectivity index (χ0v) is 16.8. The van der Waals surface area contributed by atoms with Crippen molar-refractivity contribution < 1.29 is 18.0 Å². The molecule has 3 atom stereocenters. The summed E-state index contributed by atoms with van der Waals surface area (Å²) >= 11 is 0. The van der Waals surface area contributed by atoms with Crippen molar-refractivity contribution in [1.29, 1.82) is 0 Å². The quantitative estimate of drug-likeness (QED) is 0.750. The lowest BCUT2D eigenvalue weighted by molar-refractivity contribution is -0.140. The van der Waals surface area contributed by atoms with Crippen LogP contribution in [0.4, 0.5) is 13.2 Å². The summed E-state index contributed by atoms with van der Waals surface area (Å²) < 4.78 is 40.9. The number of alkyl halides is 3. The summed E-state index contributed by atoms with van der Waals surface area (Å²) in [7, 11) is 2.11. The van der Waals surface area contributed by atoms with E-state index in [-0.39, 0.29) is 23.9 Å². The molecule has 0 aliphatic carbocycles. The number of nitrogens with zero attached hydrogens (tertiary/aromatic N) is 3. The third-order valence-corrected chi connectivity index (χ3v) is 7.83. The highest BCUT2D eigenvalue weighted by Crippen LogP contribution is 2.57. The molecule has 1 aromatic rings. The van der Waals surface area contributed by atoms with Gasteiger partial charge in [-0.15, -0.1) is 0 Å². The van der Waals surface area contributed by atoms with E-state index in [0.29, 0.717) is 25.1 Å². The predicted octanol–water partition coefficient (Wildman–Crippen LogP) is 3.54. The smallest absolute Gasteiger partial charge is 0.338 e. The topological polar surface area (TPSA) is 26.8 Å². The average molecular weight is 407 g/mol. The number of likely N-dealkylation sites (tertiary alicyclic amines) is 2. The molecule has 7 heteroatoms. The van der Waals surface area contributed by atoms with Gasteiger partial charge in [0.1, 0.15) is 5.54 Å². The molecule has 0 bridgehead atoms. The summed E-state index contributed by atoms with van der Waals surface area (Å²) in [4.78, 5) is 20.2. The first-order chi connectivity index (χ1) is 13.8. The van der Waals surface area contributed by atoms with Crippen molar-refractivity contribution >= 4 is 5.91 Å². The number of amides is 1. The first-order valence-corrected chi connectivity index (χ1v) is 10.7. The van der Waals surface area contributed by atoms with Crippen LogP contribution in [0.25, 0.3) is 0 Å². The average Bonchev–Trinajstić information content (AvgIpc) is 3.32. The number of hydrogen-bond acceptors (Lipinski definition) is 3. The van der Waals surface area contributed by atoms with Crippen LogP contribution < -0.4 is 0 Å². The Morgan fingerprint density at radius 2 is 1.83 bits per heavy atom. The molecule has 29 heavy (non-hydrogen) atoms. The minimum atomic E-state index is -4.37. The third kappa shape index (κ3) is 2.84. The van der Waals surface area contributed by atoms with Crippen molar-refractivity contribution in [2.24, 2.45) is 5.92 Å². The second kappa shape index (κ2) is 6.71. The van der Waals surface area contributed by atoms with E-state index in [2.05, 4.69) is 21.7 Å². The van der Waals surface area contributed by atoms with Gasteiger partial charge in [-0.3, -0.25) is 9.69 Å². The Kier molecular flexibility index (Phi) is 4.48. The molecule has 5 rings (SSSR count). The Bertz CT molecular complexity index is 805. The van der Waals surface area contributed by atoms with Gasteiger partial charge in [0.25, 0.3) is 0 Å². The lowest BCUT2D eigenvalue weighted by atomic mass is 9.85. The van der Waals surface area contributed by atoms with Crippen molar-refractivity contribution in [2.75, 3.05) is 33.2 Å². The fraction of sp³-hybridized carbons (Fsp3) is 0.682. The highest BCUT2D eigenvalue weighted by atomic mass is 19.4. The lowest BCUT2D eigenvalue weighted by Gasteiger charge is -2.38. The Hall–Kier alpha value is -1.60. The van der Waals surface area contributed by atoms with Crippen LogP contribution in [0, 0.1) is 5.92 Å². The van der Waals surface area contributed by atoms with Gasteiger partial charge in [-0.2, -0.15) is 13.2 Å². The minimum Gasteiger partial charge on any atom is -0.338 e. The molecule has 0 N–H and O–H groups in total. The van der Waals surface area contributed by atoms with E-state index < -0.39 is 17.3 Å². The maximum atomic E-state index is 13.7. The van der Waals surface area contributed by atoms with Crippen LogP contribution in [0.2, 0.25) is 0 Å². The van der Waals surface area contributed by atoms with Gasteiger partial charge in [0.2, 0.25) is 5.91 Å². The van der Waals surface area contributed by atoms with Crippen LogP contribution in [-0.4, -0.2) is 65.4 Å². The summed E-state index contributed by atoms with van der Waals surface area (Å²) in [5, 5.41) is 0. The zero-order chi connectivity index (χ0) is 20.4. The first kappa shape index (κ1) is 19.4. The Balaban J connectivity index is 1.45. The van der Waals surface area contributed by atoms with Gasteiger partial charge in [-0.05, 0) is 70.4 Å². The predicted molar refractivity (Wildman–Crippen MR) is 103 cm³/mol. The normalized spacial score (nSPS) is 34.1. The van der Waals surface area contributed by atoms with E-state index in [1.807, 2.05) is 0 Å². The highest BCUT2D eigenvalue weighted by Gasteiger charge is 2.66. The lowest BCUT2D eigenvalue weighted by Crippen LogP contribution is -2.52. The van der Waals surface area contributed by atoms with E-state index in [1.165, 1.54) is 12.1 Å². The molecule has 4 saturated heterocycles. The zero-order valence-electron chi connectivity index (χ0n) is 16.8. The molecule has 1 spiro atoms. The Labute approximate surface area is 169 Å². The van der Waals surface area contributed by atoms with Gasteiger partial charge in [0.15, 0.2) is 0 Å². The largest absolute Gasteiger partial charge is 0.416 e. The molecule has 4 fully saturated rings. The van der Waals surface area contributed by atoms with Crippen molar-refractivity contribution in [3.8, 4) is 0 Å². The van der Waals surface area contributed by atoms with Crippen molar-refractivity contribution in [1.82, 2.24) is 14.7 Å². The molecule has 0 unspecified atom stereocenters. The SMILES string of the molecule is CN1CCC(N2C[C@@H]3C[C@@H](c4ccccc4C(F)(F)F)N4CCC[C@@]34C2=O)CC1. The molecule has 158 valence electrons. The van der Waals surface area contributed by atoms with Crippen LogP contribution >= 0.6 is 0 Å². The number of hydrogen-bond donors (Lipinski definition) is 0. The summed E-state index contributed by atoms with van der Waals surface area (Å²) in [6.07, 6.45) is -0.0808. The van der Waals surface area contributed by atoms with Crippen LogP contribution in [-0.2, 0) is 11.0 Å². The van der Waals surface area contributed by atoms with E-state index in [1.54, 1.807) is 12.1 Å². The van der Waals surface area contributed by atoms with Gasteiger partial charge in [0.05, 0.1) is 5.56 Å². The van der Waals surface area contributed by atoms with Gasteiger partial charge < -0.3 is 9.80 Å². The third-order valence-electron chi connectivity index (χ3n) is 7.83. The molecule has 4 heterocycles. The van der Waals surface area contributed by atoms with Gasteiger partial charge >= 0.3 is 6.18 Å². The summed E-state index contributed by atoms with van der Waals surface area (Å²) in [5.41, 5.74) is -0.784. The molecule has 1 aromatic carbocycles. The second-order valence-corrected chi connectivity index (χ2v) is 9.25. The van der Waals surface area contributed by atoms with Crippen LogP contribution in [0.1, 0.15) is 49.3 Å². The van der Waals surface area contributed by atoms with E-state index in [0.717, 1.165) is 38.8 Å². The van der Waals surface area contributed by atoms with Crippen molar-refractivity contribution in [3.05, 3.63) is 35.4 Å². The molecular weight excluding hydrogens is 379 g/mol. The van der Waals surface area contributed by atoms with Crippen LogP contribution in [0.5, 0.6) is 0 Å². The maximum absolute atomic E-state index is 13.7. The minimum absolute atomic E-state index is 0.128. The van der Waals surface area contributed by atoms with Crippen molar-refractivity contribution in [2.45, 2.75) is 55.9 Å². The fourth-order valence-corrected chi connectivity index (χ4v) is 6.49. The van der Waals surface area contributed by atoms with E-state index in [9.17, 15) is 18.0 Å². The summed E-state index contributed by atoms with van der Waals surface area (Å²) in [6.45, 7) is 3.41. The van der Waals surface area contributed by atoms with Crippen molar-refractivity contribution in [3.63, 3.8) is 0 Å². The Morgan fingerprint density at radius 3 is 2.55 bits per heavy atom. The molecular formula is C22H28F3N3O. The van der Waals surface area contributed by atoms with E-state index in [4.69, 9.17) is 0 Å². The maximum Gasteiger partial charge on any atom is 0.416 e. The summed E-state index contributed by atoms with van der Waals surface area (Å²) in [5.74, 6) is 0.310. The number of rotatable bonds is 2. The molecule has 4 aliphatic rings. The molecule has 0 saturated carbocycles. The second-order valence-electron chi connectivity index (χ2n) is 9.25. The fourth-order valence-electron chi connectivity index (χ4n) is 6.49. The molecule has 4 nitrogen and oxygen atoms in total. The molecule has 1 amide bonds. The van der Waals surface area contributed by atoms with Crippen LogP contribution in [0.15, 0.2) is 24.3 Å². The standard InChI is InChI=1S/C22H28F3N3O/c1-26-11-7-16(8-12-26)27-14-15-13-19(28-10-4-9-21(15,28)20(27)29)17-5-2-3-6-18(17)22(23,24)25/h2-3,5-6,15-16,19H,4,7-14H2,1H3/t15-,19-,21-/m0/s1. The molecule has 0 aromatic heterocycles. The molecule has 4 aliphatic heterocycles. The van der Waals surface area contributed by atoms with Gasteiger partial charge in [-0.1, -0.05) is 18.2 Å². The van der Waals surface area contributed by atoms with Crippen LogP contribution in [0.3, 0.4) is 0 Å².